The van der Waals surface area contributed by atoms with Crippen molar-refractivity contribution < 1.29 is 14.1 Å². The Balaban J connectivity index is 1.47. The normalized spacial score (nSPS) is 13.4. The molecule has 8 nitrogen and oxygen atoms in total. The Morgan fingerprint density at radius 2 is 1.93 bits per heavy atom. The van der Waals surface area contributed by atoms with Gasteiger partial charge in [0.1, 0.15) is 11.5 Å². The van der Waals surface area contributed by atoms with E-state index in [9.17, 15) is 19.3 Å². The lowest BCUT2D eigenvalue weighted by Gasteiger charge is -2.17. The quantitative estimate of drug-likeness (QED) is 0.497. The summed E-state index contributed by atoms with van der Waals surface area (Å²) < 4.78 is 15.9. The van der Waals surface area contributed by atoms with E-state index in [1.165, 1.54) is 18.5 Å². The molecule has 0 saturated carbocycles. The Bertz CT molecular complexity index is 1080. The molecule has 1 amide bonds. The number of hydrogen-bond donors (Lipinski definition) is 1. The zero-order valence-corrected chi connectivity index (χ0v) is 16.1. The molecule has 30 heavy (non-hydrogen) atoms. The minimum Gasteiger partial charge on any atom is -0.366 e. The van der Waals surface area contributed by atoms with Crippen LogP contribution in [0.15, 0.2) is 55.1 Å². The zero-order valence-electron chi connectivity index (χ0n) is 16.1. The van der Waals surface area contributed by atoms with Gasteiger partial charge in [-0.05, 0) is 42.7 Å². The molecule has 0 spiro atoms. The molecule has 0 atom stereocenters. The average Bonchev–Trinajstić information content (AvgIpc) is 3.46. The van der Waals surface area contributed by atoms with Crippen LogP contribution in [-0.2, 0) is 6.54 Å². The first kappa shape index (κ1) is 19.6. The van der Waals surface area contributed by atoms with Crippen LogP contribution in [0.25, 0.3) is 5.69 Å². The molecule has 2 heterocycles. The number of anilines is 1. The van der Waals surface area contributed by atoms with E-state index >= 15 is 0 Å². The van der Waals surface area contributed by atoms with E-state index in [1.54, 1.807) is 41.2 Å². The van der Waals surface area contributed by atoms with Gasteiger partial charge in [-0.3, -0.25) is 14.9 Å². The molecule has 2 aromatic carbocycles. The minimum atomic E-state index is -0.464. The van der Waals surface area contributed by atoms with Crippen LogP contribution >= 0.6 is 0 Å². The van der Waals surface area contributed by atoms with E-state index in [2.05, 4.69) is 10.3 Å². The first-order chi connectivity index (χ1) is 14.5. The first-order valence-electron chi connectivity index (χ1n) is 9.61. The van der Waals surface area contributed by atoms with Crippen molar-refractivity contribution in [3.8, 4) is 5.69 Å². The Labute approximate surface area is 172 Å². The molecule has 9 heteroatoms. The average molecular weight is 409 g/mol. The van der Waals surface area contributed by atoms with Gasteiger partial charge >= 0.3 is 0 Å². The third-order valence-electron chi connectivity index (χ3n) is 5.13. The molecule has 1 fully saturated rings. The highest BCUT2D eigenvalue weighted by atomic mass is 19.1. The SMILES string of the molecule is O=C(NCc1ccc(-n2ccnc2)c(F)c1)c1ccc(N2CCCC2)c([N+](=O)[O-])c1. The number of nitrogens with zero attached hydrogens (tertiary/aromatic N) is 4. The molecule has 1 N–H and O–H groups in total. The maximum atomic E-state index is 14.4. The standard InChI is InChI=1S/C21H20FN5O3/c22-17-11-15(3-5-18(17)26-10-7-23-14-26)13-24-21(28)16-4-6-19(20(12-16)27(29)30)25-8-1-2-9-25/h3-7,10-12,14H,1-2,8-9,13H2,(H,24,28). The molecule has 1 aromatic heterocycles. The molecule has 0 aliphatic carbocycles. The largest absolute Gasteiger partial charge is 0.366 e. The fraction of sp³-hybridized carbons (Fsp3) is 0.238. The molecule has 0 radical (unpaired) electrons. The van der Waals surface area contributed by atoms with Gasteiger partial charge < -0.3 is 14.8 Å². The molecular weight excluding hydrogens is 389 g/mol. The molecule has 0 bridgehead atoms. The van der Waals surface area contributed by atoms with E-state index in [0.29, 0.717) is 16.9 Å². The predicted octanol–water partition coefficient (Wildman–Crippen LogP) is 3.45. The summed E-state index contributed by atoms with van der Waals surface area (Å²) in [6.45, 7) is 1.64. The summed E-state index contributed by atoms with van der Waals surface area (Å²) in [5.41, 5.74) is 1.58. The molecule has 4 rings (SSSR count). The number of carbonyl (C=O) groups is 1. The number of benzene rings is 2. The van der Waals surface area contributed by atoms with Crippen molar-refractivity contribution in [2.75, 3.05) is 18.0 Å². The van der Waals surface area contributed by atoms with Gasteiger partial charge in [-0.2, -0.15) is 0 Å². The third kappa shape index (κ3) is 4.00. The van der Waals surface area contributed by atoms with E-state index in [4.69, 9.17) is 0 Å². The topological polar surface area (TPSA) is 93.3 Å². The Morgan fingerprint density at radius 1 is 1.17 bits per heavy atom. The summed E-state index contributed by atoms with van der Waals surface area (Å²) in [4.78, 5) is 29.4. The van der Waals surface area contributed by atoms with Crippen molar-refractivity contribution in [2.24, 2.45) is 0 Å². The van der Waals surface area contributed by atoms with Crippen LogP contribution in [0.1, 0.15) is 28.8 Å². The second kappa shape index (κ2) is 8.32. The highest BCUT2D eigenvalue weighted by Crippen LogP contribution is 2.31. The van der Waals surface area contributed by atoms with Gasteiger partial charge in [0.15, 0.2) is 0 Å². The molecule has 3 aromatic rings. The van der Waals surface area contributed by atoms with Crippen molar-refractivity contribution in [1.82, 2.24) is 14.9 Å². The number of halogens is 1. The van der Waals surface area contributed by atoms with Crippen LogP contribution in [0, 0.1) is 15.9 Å². The number of amides is 1. The first-order valence-corrected chi connectivity index (χ1v) is 9.61. The maximum Gasteiger partial charge on any atom is 0.293 e. The molecule has 1 aliphatic heterocycles. The highest BCUT2D eigenvalue weighted by Gasteiger charge is 2.23. The number of nitro groups is 1. The fourth-order valence-corrected chi connectivity index (χ4v) is 3.59. The van der Waals surface area contributed by atoms with Gasteiger partial charge in [0, 0.05) is 43.7 Å². The Morgan fingerprint density at radius 3 is 2.60 bits per heavy atom. The number of nitro benzene ring substituents is 1. The number of aromatic nitrogens is 2. The Kier molecular flexibility index (Phi) is 5.42. The molecule has 0 unspecified atom stereocenters. The van der Waals surface area contributed by atoms with Crippen LogP contribution in [0.2, 0.25) is 0 Å². The van der Waals surface area contributed by atoms with Gasteiger partial charge in [-0.15, -0.1) is 0 Å². The number of imidazole rings is 1. The van der Waals surface area contributed by atoms with E-state index < -0.39 is 16.6 Å². The molecule has 1 aliphatic rings. The van der Waals surface area contributed by atoms with Crippen molar-refractivity contribution in [3.63, 3.8) is 0 Å². The second-order valence-corrected chi connectivity index (χ2v) is 7.09. The third-order valence-corrected chi connectivity index (χ3v) is 5.13. The number of carbonyl (C=O) groups excluding carboxylic acids is 1. The lowest BCUT2D eigenvalue weighted by Crippen LogP contribution is -2.24. The number of rotatable bonds is 6. The highest BCUT2D eigenvalue weighted by molar-refractivity contribution is 5.95. The van der Waals surface area contributed by atoms with Crippen LogP contribution in [0.5, 0.6) is 0 Å². The monoisotopic (exact) mass is 409 g/mol. The van der Waals surface area contributed by atoms with Crippen LogP contribution in [0.4, 0.5) is 15.8 Å². The van der Waals surface area contributed by atoms with Gasteiger partial charge in [0.25, 0.3) is 11.6 Å². The summed E-state index contributed by atoms with van der Waals surface area (Å²) >= 11 is 0. The van der Waals surface area contributed by atoms with Gasteiger partial charge in [-0.1, -0.05) is 6.07 Å². The van der Waals surface area contributed by atoms with Crippen LogP contribution < -0.4 is 10.2 Å². The van der Waals surface area contributed by atoms with Crippen LogP contribution in [0.3, 0.4) is 0 Å². The summed E-state index contributed by atoms with van der Waals surface area (Å²) in [5.74, 6) is -0.893. The lowest BCUT2D eigenvalue weighted by atomic mass is 10.1. The summed E-state index contributed by atoms with van der Waals surface area (Å²) in [7, 11) is 0. The van der Waals surface area contributed by atoms with Crippen molar-refractivity contribution >= 4 is 17.3 Å². The van der Waals surface area contributed by atoms with Gasteiger partial charge in [-0.25, -0.2) is 9.37 Å². The fourth-order valence-electron chi connectivity index (χ4n) is 3.59. The second-order valence-electron chi connectivity index (χ2n) is 7.09. The smallest absolute Gasteiger partial charge is 0.293 e. The van der Waals surface area contributed by atoms with E-state index in [1.807, 2.05) is 4.90 Å². The maximum absolute atomic E-state index is 14.4. The molecule has 1 saturated heterocycles. The van der Waals surface area contributed by atoms with Crippen molar-refractivity contribution in [3.05, 3.63) is 82.2 Å². The van der Waals surface area contributed by atoms with Crippen molar-refractivity contribution in [2.45, 2.75) is 19.4 Å². The predicted molar refractivity (Wildman–Crippen MR) is 109 cm³/mol. The summed E-state index contributed by atoms with van der Waals surface area (Å²) in [6.07, 6.45) is 6.68. The van der Waals surface area contributed by atoms with Gasteiger partial charge in [0.05, 0.1) is 16.9 Å². The zero-order chi connectivity index (χ0) is 21.1. The molecule has 154 valence electrons. The van der Waals surface area contributed by atoms with Crippen LogP contribution in [-0.4, -0.2) is 33.5 Å². The van der Waals surface area contributed by atoms with E-state index in [-0.39, 0.29) is 17.8 Å². The number of nitrogens with one attached hydrogen (secondary N) is 1. The van der Waals surface area contributed by atoms with Crippen molar-refractivity contribution in [1.29, 1.82) is 0 Å². The number of hydrogen-bond acceptors (Lipinski definition) is 5. The Hall–Kier alpha value is -3.75. The van der Waals surface area contributed by atoms with Gasteiger partial charge in [0.2, 0.25) is 0 Å². The summed E-state index contributed by atoms with van der Waals surface area (Å²) in [5, 5.41) is 14.2. The molecular formula is C21H20FN5O3. The minimum absolute atomic E-state index is 0.0831. The summed E-state index contributed by atoms with van der Waals surface area (Å²) in [6, 6.07) is 9.16. The van der Waals surface area contributed by atoms with E-state index in [0.717, 1.165) is 25.9 Å². The lowest BCUT2D eigenvalue weighted by molar-refractivity contribution is -0.384.